The Morgan fingerprint density at radius 1 is 1.22 bits per heavy atom. The predicted molar refractivity (Wildman–Crippen MR) is 126 cm³/mol. The maximum atomic E-state index is 11.5. The van der Waals surface area contributed by atoms with Gasteiger partial charge in [-0.25, -0.2) is 0 Å². The first-order valence-corrected chi connectivity index (χ1v) is 10.8. The van der Waals surface area contributed by atoms with Crippen LogP contribution < -0.4 is 84.4 Å². The molecule has 12 nitrogen and oxygen atoms in total. The zero-order chi connectivity index (χ0) is 26.1. The van der Waals surface area contributed by atoms with Crippen molar-refractivity contribution >= 4 is 22.8 Å². The van der Waals surface area contributed by atoms with E-state index in [1.54, 1.807) is 25.3 Å². The number of pyridine rings is 1. The Bertz CT molecular complexity index is 1040. The number of benzene rings is 1. The zero-order valence-electron chi connectivity index (χ0n) is 21.4. The van der Waals surface area contributed by atoms with E-state index in [4.69, 9.17) is 25.9 Å². The molecule has 0 spiro atoms. The van der Waals surface area contributed by atoms with Crippen molar-refractivity contribution in [2.24, 2.45) is 0 Å². The number of quaternary nitrogens is 1. The molecule has 8 N–H and O–H groups in total. The number of nitrogens with two attached hydrogens (primary N) is 1. The van der Waals surface area contributed by atoms with E-state index in [-0.39, 0.29) is 121 Å². The van der Waals surface area contributed by atoms with Crippen molar-refractivity contribution in [3.05, 3.63) is 71.8 Å². The number of nitrogens with one attached hydrogen (secondary N) is 3. The molecule has 195 valence electrons. The Kier molecular flexibility index (Phi) is 24.9. The van der Waals surface area contributed by atoms with Gasteiger partial charge in [0.1, 0.15) is 12.2 Å². The molecule has 1 atom stereocenters. The SMILES string of the molecule is CCOC(=O)C([NH-])Cc1c[nH]c2ccccc12.CO.O=C(NCCO[NH2+]O)c1ccc[n+](CO)c1.[Cs+].[Y]. The molecule has 0 bridgehead atoms. The minimum absolute atomic E-state index is 0. The fourth-order valence-corrected chi connectivity index (χ4v) is 2.97. The van der Waals surface area contributed by atoms with Gasteiger partial charge in [-0.1, -0.05) is 23.8 Å². The van der Waals surface area contributed by atoms with Gasteiger partial charge >= 0.3 is 68.9 Å². The van der Waals surface area contributed by atoms with E-state index in [0.717, 1.165) is 23.6 Å². The van der Waals surface area contributed by atoms with Gasteiger partial charge < -0.3 is 31.0 Å². The fourth-order valence-electron chi connectivity index (χ4n) is 2.97. The summed E-state index contributed by atoms with van der Waals surface area (Å²) in [5.41, 5.74) is 10.8. The molecular weight excluding hydrogens is 680 g/mol. The third kappa shape index (κ3) is 14.6. The van der Waals surface area contributed by atoms with Gasteiger partial charge in [0, 0.05) is 69.5 Å². The number of H-pyrrole nitrogens is 1. The molecule has 0 saturated carbocycles. The Labute approximate surface area is 299 Å². The van der Waals surface area contributed by atoms with Crippen molar-refractivity contribution in [2.75, 3.05) is 26.9 Å². The van der Waals surface area contributed by atoms with Crippen LogP contribution in [0.4, 0.5) is 0 Å². The van der Waals surface area contributed by atoms with Crippen LogP contribution in [0.3, 0.4) is 0 Å². The molecule has 2 heterocycles. The topological polar surface area (TPSA) is 185 Å². The molecule has 2 aromatic heterocycles. The average molecular weight is 714 g/mol. The van der Waals surface area contributed by atoms with Gasteiger partial charge in [-0.05, 0) is 37.1 Å². The number of carbonyl (C=O) groups excluding carboxylic acids is 2. The van der Waals surface area contributed by atoms with Gasteiger partial charge in [-0.3, -0.25) is 9.59 Å². The third-order valence-electron chi connectivity index (χ3n) is 4.53. The summed E-state index contributed by atoms with van der Waals surface area (Å²) in [6.07, 6.45) is 5.42. The van der Waals surface area contributed by atoms with Crippen molar-refractivity contribution in [3.8, 4) is 0 Å². The Morgan fingerprint density at radius 2 is 1.92 bits per heavy atom. The quantitative estimate of drug-likeness (QED) is 0.0555. The van der Waals surface area contributed by atoms with E-state index in [9.17, 15) is 9.59 Å². The standard InChI is InChI=1S/C13H15N2O2.C9H14N3O4.CH4O.Cs.Y/c1-2-17-13(16)11(14)7-9-8-15-12-6-4-3-5-10(9)12;13-7-12-4-1-2-8(6-12)9(14)10-3-5-16-11-15;1-2;;/h3-6,8,11,14-15H,2,7H2,1H3;1-2,4,6,13,15H,3,5,7,11H2;2H,1H3;;/q-1;+1;;+1;/p+1. The fraction of sp³-hybridized carbons (Fsp3) is 0.348. The summed E-state index contributed by atoms with van der Waals surface area (Å²) in [5, 5.41) is 27.8. The van der Waals surface area contributed by atoms with E-state index in [2.05, 4.69) is 15.1 Å². The summed E-state index contributed by atoms with van der Waals surface area (Å²) < 4.78 is 6.31. The van der Waals surface area contributed by atoms with Crippen LogP contribution in [-0.2, 0) is 60.2 Å². The van der Waals surface area contributed by atoms with Crippen LogP contribution in [-0.4, -0.2) is 65.2 Å². The molecule has 3 aromatic rings. The first-order chi connectivity index (χ1) is 17.0. The Morgan fingerprint density at radius 3 is 2.57 bits per heavy atom. The molecule has 14 heteroatoms. The van der Waals surface area contributed by atoms with Crippen molar-refractivity contribution in [3.63, 3.8) is 0 Å². The van der Waals surface area contributed by atoms with E-state index in [1.807, 2.05) is 30.5 Å². The van der Waals surface area contributed by atoms with Crippen molar-refractivity contribution in [1.29, 1.82) is 0 Å². The van der Waals surface area contributed by atoms with Crippen LogP contribution in [0.5, 0.6) is 0 Å². The number of hydrogen-bond donors (Lipinski definition) is 6. The number of aromatic amines is 1. The van der Waals surface area contributed by atoms with E-state index >= 15 is 0 Å². The summed E-state index contributed by atoms with van der Waals surface area (Å²) in [7, 11) is 1.00. The third-order valence-corrected chi connectivity index (χ3v) is 4.53. The Balaban J connectivity index is 0. The van der Waals surface area contributed by atoms with Crippen LogP contribution in [0, 0.1) is 0 Å². The average Bonchev–Trinajstić information content (AvgIpc) is 3.31. The first kappa shape index (κ1) is 38.9. The zero-order valence-corrected chi connectivity index (χ0v) is 30.5. The van der Waals surface area contributed by atoms with Crippen molar-refractivity contribution in [1.82, 2.24) is 10.3 Å². The van der Waals surface area contributed by atoms with Gasteiger partial charge in [-0.15, -0.1) is 0 Å². The monoisotopic (exact) mass is 714 g/mol. The second-order valence-corrected chi connectivity index (χ2v) is 6.85. The smallest absolute Gasteiger partial charge is 0.665 e. The van der Waals surface area contributed by atoms with Gasteiger partial charge in [0.05, 0.1) is 6.61 Å². The number of fused-ring (bicyclic) bond motifs is 1. The van der Waals surface area contributed by atoms with Gasteiger partial charge in [0.25, 0.3) is 11.9 Å². The van der Waals surface area contributed by atoms with E-state index in [0.29, 0.717) is 30.8 Å². The van der Waals surface area contributed by atoms with Gasteiger partial charge in [0.15, 0.2) is 12.4 Å². The number of para-hydroxylation sites is 1. The summed E-state index contributed by atoms with van der Waals surface area (Å²) in [6.45, 7) is 2.39. The number of amides is 1. The van der Waals surface area contributed by atoms with E-state index in [1.165, 1.54) is 10.8 Å². The van der Waals surface area contributed by atoms with Crippen molar-refractivity contribution < 1.29 is 146 Å². The summed E-state index contributed by atoms with van der Waals surface area (Å²) >= 11 is 0. The molecule has 0 saturated heterocycles. The number of aliphatic hydroxyl groups is 2. The van der Waals surface area contributed by atoms with Crippen LogP contribution in [0.1, 0.15) is 22.8 Å². The van der Waals surface area contributed by atoms with Crippen LogP contribution in [0.25, 0.3) is 16.6 Å². The Hall–Kier alpha value is -0.234. The van der Waals surface area contributed by atoms with Gasteiger partial charge in [-0.2, -0.15) is 14.6 Å². The van der Waals surface area contributed by atoms with Crippen LogP contribution in [0.2, 0.25) is 0 Å². The number of carbonyl (C=O) groups is 2. The maximum Gasteiger partial charge on any atom is 1.00 e. The summed E-state index contributed by atoms with van der Waals surface area (Å²) in [4.78, 5) is 30.6. The van der Waals surface area contributed by atoms with Crippen LogP contribution >= 0.6 is 0 Å². The van der Waals surface area contributed by atoms with Crippen molar-refractivity contribution in [2.45, 2.75) is 26.1 Å². The number of ether oxygens (including phenoxy) is 1. The second-order valence-electron chi connectivity index (χ2n) is 6.85. The molecule has 0 aliphatic rings. The number of rotatable bonds is 10. The molecule has 0 fully saturated rings. The number of nitrogens with zero attached hydrogens (tertiary/aromatic N) is 1. The molecule has 0 aliphatic heterocycles. The van der Waals surface area contributed by atoms with E-state index < -0.39 is 12.0 Å². The number of hydrogen-bond acceptors (Lipinski definition) is 7. The minimum Gasteiger partial charge on any atom is -0.665 e. The number of aromatic nitrogens is 2. The molecule has 0 aliphatic carbocycles. The normalized spacial score (nSPS) is 10.3. The van der Waals surface area contributed by atoms with Crippen LogP contribution in [0.15, 0.2) is 55.0 Å². The summed E-state index contributed by atoms with van der Waals surface area (Å²) in [6, 6.07) is 10.3. The molecule has 1 amide bonds. The first-order valence-electron chi connectivity index (χ1n) is 10.8. The van der Waals surface area contributed by atoms with Gasteiger partial charge in [0.2, 0.25) is 6.73 Å². The molecule has 3 rings (SSSR count). The molecule has 37 heavy (non-hydrogen) atoms. The minimum atomic E-state index is -0.853. The predicted octanol–water partition coefficient (Wildman–Crippen LogP) is -3.16. The maximum absolute atomic E-state index is 11.5. The summed E-state index contributed by atoms with van der Waals surface area (Å²) in [5.74, 6) is -0.720. The second kappa shape index (κ2) is 23.6. The molecule has 1 unspecified atom stereocenters. The number of esters is 1. The number of aliphatic hydroxyl groups excluding tert-OH is 2. The molecule has 1 aromatic carbocycles. The largest absolute Gasteiger partial charge is 1.00 e. The molecule has 1 radical (unpaired) electrons. The molecular formula is C23H34CsN5O7Y+2.